The first-order chi connectivity index (χ1) is 6.95. The number of rotatable bonds is 6. The lowest BCUT2D eigenvalue weighted by Crippen LogP contribution is -2.41. The molecule has 0 radical (unpaired) electrons. The molecule has 1 aliphatic carbocycles. The molecule has 1 saturated heterocycles. The van der Waals surface area contributed by atoms with Crippen LogP contribution >= 0.6 is 0 Å². The summed E-state index contributed by atoms with van der Waals surface area (Å²) in [5.74, 6) is 1.10. The molecule has 1 aliphatic heterocycles. The molecular formula is C12H24N2. The molecule has 2 N–H and O–H groups in total. The molecule has 82 valence electrons. The predicted molar refractivity (Wildman–Crippen MR) is 60.5 cm³/mol. The van der Waals surface area contributed by atoms with Gasteiger partial charge >= 0.3 is 0 Å². The van der Waals surface area contributed by atoms with E-state index in [1.807, 2.05) is 0 Å². The topological polar surface area (TPSA) is 24.1 Å². The fraction of sp³-hybridized carbons (Fsp3) is 1.00. The Balaban J connectivity index is 1.41. The summed E-state index contributed by atoms with van der Waals surface area (Å²) in [5.41, 5.74) is 0. The van der Waals surface area contributed by atoms with Crippen LogP contribution in [0.2, 0.25) is 0 Å². The first-order valence-electron chi connectivity index (χ1n) is 6.39. The van der Waals surface area contributed by atoms with Crippen LogP contribution in [0.4, 0.5) is 0 Å². The maximum Gasteiger partial charge on any atom is 0.0192 e. The van der Waals surface area contributed by atoms with E-state index >= 15 is 0 Å². The molecule has 2 aliphatic rings. The third-order valence-corrected chi connectivity index (χ3v) is 3.47. The van der Waals surface area contributed by atoms with E-state index in [1.165, 1.54) is 64.6 Å². The molecule has 2 rings (SSSR count). The minimum absolute atomic E-state index is 0.754. The van der Waals surface area contributed by atoms with E-state index in [1.54, 1.807) is 0 Å². The summed E-state index contributed by atoms with van der Waals surface area (Å²) in [6.45, 7) is 3.65. The van der Waals surface area contributed by atoms with E-state index in [2.05, 4.69) is 10.6 Å². The summed E-state index contributed by atoms with van der Waals surface area (Å²) >= 11 is 0. The van der Waals surface area contributed by atoms with Gasteiger partial charge in [0.15, 0.2) is 0 Å². The number of hydrogen-bond donors (Lipinski definition) is 2. The van der Waals surface area contributed by atoms with Crippen LogP contribution in [0.3, 0.4) is 0 Å². The number of hydrogen-bond acceptors (Lipinski definition) is 2. The van der Waals surface area contributed by atoms with Gasteiger partial charge in [-0.25, -0.2) is 0 Å². The Hall–Kier alpha value is -0.0800. The lowest BCUT2D eigenvalue weighted by molar-refractivity contribution is 0.382. The van der Waals surface area contributed by atoms with Crippen molar-refractivity contribution in [2.75, 3.05) is 19.6 Å². The number of nitrogens with one attached hydrogen (secondary N) is 2. The van der Waals surface area contributed by atoms with E-state index in [4.69, 9.17) is 0 Å². The smallest absolute Gasteiger partial charge is 0.0192 e. The van der Waals surface area contributed by atoms with Gasteiger partial charge in [-0.15, -0.1) is 0 Å². The van der Waals surface area contributed by atoms with Gasteiger partial charge in [-0.1, -0.05) is 19.3 Å². The van der Waals surface area contributed by atoms with Gasteiger partial charge in [-0.2, -0.15) is 0 Å². The van der Waals surface area contributed by atoms with Gasteiger partial charge in [0.1, 0.15) is 0 Å². The van der Waals surface area contributed by atoms with Crippen LogP contribution in [0.25, 0.3) is 0 Å². The second kappa shape index (κ2) is 5.72. The van der Waals surface area contributed by atoms with Gasteiger partial charge in [0.05, 0.1) is 0 Å². The van der Waals surface area contributed by atoms with Crippen LogP contribution in [0.15, 0.2) is 0 Å². The van der Waals surface area contributed by atoms with Crippen LogP contribution in [-0.2, 0) is 0 Å². The predicted octanol–water partition coefficient (Wildman–Crippen LogP) is 1.91. The van der Waals surface area contributed by atoms with Crippen LogP contribution in [-0.4, -0.2) is 25.7 Å². The van der Waals surface area contributed by atoms with E-state index in [0.29, 0.717) is 0 Å². The third kappa shape index (κ3) is 3.97. The van der Waals surface area contributed by atoms with E-state index in [9.17, 15) is 0 Å². The van der Waals surface area contributed by atoms with Crippen molar-refractivity contribution in [3.05, 3.63) is 0 Å². The lowest BCUT2D eigenvalue weighted by atomic mass is 10.1. The molecule has 0 aromatic heterocycles. The van der Waals surface area contributed by atoms with Gasteiger partial charge in [0.2, 0.25) is 0 Å². The van der Waals surface area contributed by atoms with Gasteiger partial charge in [0, 0.05) is 12.6 Å². The molecule has 0 aromatic rings. The molecule has 2 heteroatoms. The zero-order valence-electron chi connectivity index (χ0n) is 9.23. The molecule has 0 bridgehead atoms. The Morgan fingerprint density at radius 1 is 1.14 bits per heavy atom. The van der Waals surface area contributed by atoms with Crippen LogP contribution in [0, 0.1) is 5.92 Å². The van der Waals surface area contributed by atoms with Crippen molar-refractivity contribution < 1.29 is 0 Å². The van der Waals surface area contributed by atoms with Crippen LogP contribution < -0.4 is 10.6 Å². The van der Waals surface area contributed by atoms with Crippen molar-refractivity contribution in [3.63, 3.8) is 0 Å². The highest BCUT2D eigenvalue weighted by Gasteiger charge is 2.20. The van der Waals surface area contributed by atoms with Crippen molar-refractivity contribution in [2.45, 2.75) is 51.0 Å². The average molecular weight is 196 g/mol. The normalized spacial score (nSPS) is 27.9. The summed E-state index contributed by atoms with van der Waals surface area (Å²) < 4.78 is 0. The molecule has 1 atom stereocenters. The zero-order valence-corrected chi connectivity index (χ0v) is 9.23. The Kier molecular flexibility index (Phi) is 4.26. The van der Waals surface area contributed by atoms with Gasteiger partial charge in [0.25, 0.3) is 0 Å². The van der Waals surface area contributed by atoms with Crippen LogP contribution in [0.1, 0.15) is 44.9 Å². The standard InChI is InChI=1S/C12H24N2/c1-2-9-14-12(5-1)10-13-8-3-4-11-6-7-11/h11-14H,1-10H2. The van der Waals surface area contributed by atoms with Crippen molar-refractivity contribution >= 4 is 0 Å². The zero-order chi connectivity index (χ0) is 9.64. The monoisotopic (exact) mass is 196 g/mol. The summed E-state index contributed by atoms with van der Waals surface area (Å²) in [6.07, 6.45) is 10.0. The largest absolute Gasteiger partial charge is 0.315 e. The average Bonchev–Trinajstić information content (AvgIpc) is 3.03. The molecule has 2 nitrogen and oxygen atoms in total. The molecule has 1 unspecified atom stereocenters. The van der Waals surface area contributed by atoms with E-state index in [-0.39, 0.29) is 0 Å². The fourth-order valence-corrected chi connectivity index (χ4v) is 2.30. The maximum atomic E-state index is 3.58. The molecule has 14 heavy (non-hydrogen) atoms. The Bertz CT molecular complexity index is 148. The van der Waals surface area contributed by atoms with Crippen LogP contribution in [0.5, 0.6) is 0 Å². The van der Waals surface area contributed by atoms with Crippen molar-refractivity contribution in [2.24, 2.45) is 5.92 Å². The molecule has 2 fully saturated rings. The van der Waals surface area contributed by atoms with Gasteiger partial charge in [-0.05, 0) is 44.7 Å². The van der Waals surface area contributed by atoms with Crippen molar-refractivity contribution in [3.8, 4) is 0 Å². The fourth-order valence-electron chi connectivity index (χ4n) is 2.30. The highest BCUT2D eigenvalue weighted by atomic mass is 15.0. The second-order valence-electron chi connectivity index (χ2n) is 4.94. The SMILES string of the molecule is C1CCC(CNCCCC2CC2)NC1. The first-order valence-corrected chi connectivity index (χ1v) is 6.39. The molecule has 0 amide bonds. The minimum Gasteiger partial charge on any atom is -0.315 e. The highest BCUT2D eigenvalue weighted by molar-refractivity contribution is 4.75. The molecule has 1 saturated carbocycles. The summed E-state index contributed by atoms with van der Waals surface area (Å²) in [7, 11) is 0. The summed E-state index contributed by atoms with van der Waals surface area (Å²) in [6, 6.07) is 0.754. The lowest BCUT2D eigenvalue weighted by Gasteiger charge is -2.23. The Labute approximate surface area is 87.8 Å². The first kappa shape index (κ1) is 10.4. The van der Waals surface area contributed by atoms with Gasteiger partial charge in [-0.3, -0.25) is 0 Å². The molecular weight excluding hydrogens is 172 g/mol. The van der Waals surface area contributed by atoms with E-state index < -0.39 is 0 Å². The second-order valence-corrected chi connectivity index (χ2v) is 4.94. The Morgan fingerprint density at radius 3 is 2.79 bits per heavy atom. The van der Waals surface area contributed by atoms with Crippen molar-refractivity contribution in [1.29, 1.82) is 0 Å². The molecule has 1 heterocycles. The summed E-state index contributed by atoms with van der Waals surface area (Å²) in [4.78, 5) is 0. The third-order valence-electron chi connectivity index (χ3n) is 3.47. The summed E-state index contributed by atoms with van der Waals surface area (Å²) in [5, 5.41) is 7.14. The molecule has 0 aromatic carbocycles. The van der Waals surface area contributed by atoms with E-state index in [0.717, 1.165) is 12.0 Å². The maximum absolute atomic E-state index is 3.58. The highest BCUT2D eigenvalue weighted by Crippen LogP contribution is 2.33. The Morgan fingerprint density at radius 2 is 2.07 bits per heavy atom. The van der Waals surface area contributed by atoms with Crippen molar-refractivity contribution in [1.82, 2.24) is 10.6 Å². The quantitative estimate of drug-likeness (QED) is 0.634. The minimum atomic E-state index is 0.754. The number of piperidine rings is 1. The molecule has 0 spiro atoms. The van der Waals surface area contributed by atoms with Gasteiger partial charge < -0.3 is 10.6 Å².